The standard InChI is InChI=1S/C21H18ClN3/c1-13-6-4-5-7-19(13)25-21-20(15(3)24-25)14(2)12-18(23-21)16-8-10-17(22)11-9-16/h4-12H,1-3H3. The van der Waals surface area contributed by atoms with Crippen molar-refractivity contribution in [1.82, 2.24) is 14.8 Å². The minimum atomic E-state index is 0.724. The van der Waals surface area contributed by atoms with Crippen LogP contribution in [0.3, 0.4) is 0 Å². The first-order valence-electron chi connectivity index (χ1n) is 8.23. The van der Waals surface area contributed by atoms with Gasteiger partial charge in [0.1, 0.15) is 0 Å². The molecule has 0 N–H and O–H groups in total. The summed E-state index contributed by atoms with van der Waals surface area (Å²) in [6.45, 7) is 6.24. The van der Waals surface area contributed by atoms with Gasteiger partial charge in [0.15, 0.2) is 5.65 Å². The number of aromatic nitrogens is 3. The Morgan fingerprint density at radius 1 is 0.880 bits per heavy atom. The summed E-state index contributed by atoms with van der Waals surface area (Å²) in [6.07, 6.45) is 0. The van der Waals surface area contributed by atoms with Gasteiger partial charge in [-0.15, -0.1) is 0 Å². The molecule has 4 rings (SSSR count). The quantitative estimate of drug-likeness (QED) is 0.468. The molecular formula is C21H18ClN3. The van der Waals surface area contributed by atoms with Crippen molar-refractivity contribution in [3.05, 3.63) is 76.4 Å². The number of rotatable bonds is 2. The Hall–Kier alpha value is -2.65. The van der Waals surface area contributed by atoms with Crippen LogP contribution in [0.2, 0.25) is 5.02 Å². The van der Waals surface area contributed by atoms with Gasteiger partial charge in [0.05, 0.1) is 17.1 Å². The Bertz CT molecular complexity index is 1080. The molecule has 4 heteroatoms. The topological polar surface area (TPSA) is 30.7 Å². The van der Waals surface area contributed by atoms with Gasteiger partial charge < -0.3 is 0 Å². The second-order valence-electron chi connectivity index (χ2n) is 6.31. The average Bonchev–Trinajstić information content (AvgIpc) is 2.93. The highest BCUT2D eigenvalue weighted by Gasteiger charge is 2.15. The summed E-state index contributed by atoms with van der Waals surface area (Å²) in [7, 11) is 0. The molecule has 0 aliphatic carbocycles. The van der Waals surface area contributed by atoms with E-state index in [1.807, 2.05) is 48.0 Å². The molecule has 0 radical (unpaired) electrons. The molecule has 3 nitrogen and oxygen atoms in total. The van der Waals surface area contributed by atoms with E-state index < -0.39 is 0 Å². The lowest BCUT2D eigenvalue weighted by Gasteiger charge is -2.09. The highest BCUT2D eigenvalue weighted by atomic mass is 35.5. The van der Waals surface area contributed by atoms with Crippen molar-refractivity contribution in [1.29, 1.82) is 0 Å². The van der Waals surface area contributed by atoms with E-state index in [0.717, 1.165) is 38.7 Å². The van der Waals surface area contributed by atoms with Crippen LogP contribution in [-0.2, 0) is 0 Å². The Kier molecular flexibility index (Phi) is 3.81. The summed E-state index contributed by atoms with van der Waals surface area (Å²) in [4.78, 5) is 4.93. The third-order valence-corrected chi connectivity index (χ3v) is 4.75. The van der Waals surface area contributed by atoms with Crippen LogP contribution >= 0.6 is 11.6 Å². The lowest BCUT2D eigenvalue weighted by molar-refractivity contribution is 0.871. The molecule has 2 aromatic carbocycles. The smallest absolute Gasteiger partial charge is 0.164 e. The number of para-hydroxylation sites is 1. The fourth-order valence-electron chi connectivity index (χ4n) is 3.24. The molecular weight excluding hydrogens is 330 g/mol. The van der Waals surface area contributed by atoms with E-state index in [0.29, 0.717) is 0 Å². The second kappa shape index (κ2) is 6.01. The molecule has 4 aromatic rings. The third kappa shape index (κ3) is 2.71. The van der Waals surface area contributed by atoms with Gasteiger partial charge in [-0.2, -0.15) is 5.10 Å². The SMILES string of the molecule is Cc1ccccc1-n1nc(C)c2c(C)cc(-c3ccc(Cl)cc3)nc21. The second-order valence-corrected chi connectivity index (χ2v) is 6.75. The molecule has 0 spiro atoms. The van der Waals surface area contributed by atoms with E-state index in [1.54, 1.807) is 0 Å². The van der Waals surface area contributed by atoms with Crippen molar-refractivity contribution in [2.24, 2.45) is 0 Å². The average molecular weight is 348 g/mol. The molecule has 0 amide bonds. The maximum Gasteiger partial charge on any atom is 0.164 e. The summed E-state index contributed by atoms with van der Waals surface area (Å²) >= 11 is 6.02. The van der Waals surface area contributed by atoms with Gasteiger partial charge in [0.25, 0.3) is 0 Å². The molecule has 0 unspecified atom stereocenters. The predicted octanol–water partition coefficient (Wildman–Crippen LogP) is 5.67. The minimum absolute atomic E-state index is 0.724. The molecule has 0 aliphatic rings. The van der Waals surface area contributed by atoms with Crippen molar-refractivity contribution in [2.75, 3.05) is 0 Å². The molecule has 124 valence electrons. The molecule has 0 saturated carbocycles. The van der Waals surface area contributed by atoms with E-state index in [9.17, 15) is 0 Å². The number of hydrogen-bond acceptors (Lipinski definition) is 2. The van der Waals surface area contributed by atoms with Gasteiger partial charge in [-0.3, -0.25) is 0 Å². The van der Waals surface area contributed by atoms with E-state index in [1.165, 1.54) is 11.1 Å². The highest BCUT2D eigenvalue weighted by Crippen LogP contribution is 2.29. The first kappa shape index (κ1) is 15.9. The number of halogens is 1. The molecule has 0 fully saturated rings. The van der Waals surface area contributed by atoms with Crippen LogP contribution in [0.15, 0.2) is 54.6 Å². The van der Waals surface area contributed by atoms with Crippen molar-refractivity contribution in [2.45, 2.75) is 20.8 Å². The van der Waals surface area contributed by atoms with Crippen LogP contribution in [0, 0.1) is 20.8 Å². The van der Waals surface area contributed by atoms with Gasteiger partial charge in [-0.1, -0.05) is 41.9 Å². The highest BCUT2D eigenvalue weighted by molar-refractivity contribution is 6.30. The Morgan fingerprint density at radius 2 is 1.60 bits per heavy atom. The normalized spacial score (nSPS) is 11.2. The molecule has 25 heavy (non-hydrogen) atoms. The van der Waals surface area contributed by atoms with Crippen molar-refractivity contribution in [3.63, 3.8) is 0 Å². The zero-order chi connectivity index (χ0) is 17.6. The molecule has 0 bridgehead atoms. The van der Waals surface area contributed by atoms with Gasteiger partial charge in [0.2, 0.25) is 0 Å². The Morgan fingerprint density at radius 3 is 2.32 bits per heavy atom. The first-order chi connectivity index (χ1) is 12.0. The Labute approximate surface area is 151 Å². The monoisotopic (exact) mass is 347 g/mol. The third-order valence-electron chi connectivity index (χ3n) is 4.49. The van der Waals surface area contributed by atoms with Crippen molar-refractivity contribution in [3.8, 4) is 16.9 Å². The van der Waals surface area contributed by atoms with Crippen LogP contribution in [0.1, 0.15) is 16.8 Å². The predicted molar refractivity (Wildman–Crippen MR) is 104 cm³/mol. The number of nitrogens with zero attached hydrogens (tertiary/aromatic N) is 3. The molecule has 2 aromatic heterocycles. The van der Waals surface area contributed by atoms with E-state index in [4.69, 9.17) is 21.7 Å². The summed E-state index contributed by atoms with van der Waals surface area (Å²) < 4.78 is 1.95. The van der Waals surface area contributed by atoms with E-state index >= 15 is 0 Å². The minimum Gasteiger partial charge on any atom is -0.228 e. The Balaban J connectivity index is 2.00. The number of pyridine rings is 1. The van der Waals surface area contributed by atoms with Crippen LogP contribution in [0.5, 0.6) is 0 Å². The van der Waals surface area contributed by atoms with Gasteiger partial charge >= 0.3 is 0 Å². The summed E-state index contributed by atoms with van der Waals surface area (Å²) in [5, 5.41) is 6.60. The van der Waals surface area contributed by atoms with Crippen molar-refractivity contribution >= 4 is 22.6 Å². The lowest BCUT2D eigenvalue weighted by Crippen LogP contribution is -2.01. The summed E-state index contributed by atoms with van der Waals surface area (Å²) in [6, 6.07) is 18.1. The molecule has 0 aliphatic heterocycles. The zero-order valence-corrected chi connectivity index (χ0v) is 15.2. The maximum absolute atomic E-state index is 6.02. The number of fused-ring (bicyclic) bond motifs is 1. The summed E-state index contributed by atoms with van der Waals surface area (Å²) in [5.74, 6) is 0. The number of aryl methyl sites for hydroxylation is 3. The number of hydrogen-bond donors (Lipinski definition) is 0. The first-order valence-corrected chi connectivity index (χ1v) is 8.61. The molecule has 0 atom stereocenters. The van der Waals surface area contributed by atoms with Crippen molar-refractivity contribution < 1.29 is 0 Å². The van der Waals surface area contributed by atoms with Crippen LogP contribution in [-0.4, -0.2) is 14.8 Å². The fraction of sp³-hybridized carbons (Fsp3) is 0.143. The molecule has 2 heterocycles. The number of benzene rings is 2. The lowest BCUT2D eigenvalue weighted by atomic mass is 10.1. The fourth-order valence-corrected chi connectivity index (χ4v) is 3.37. The van der Waals surface area contributed by atoms with Crippen LogP contribution < -0.4 is 0 Å². The van der Waals surface area contributed by atoms with Gasteiger partial charge in [-0.05, 0) is 56.2 Å². The van der Waals surface area contributed by atoms with Gasteiger partial charge in [0, 0.05) is 16.0 Å². The molecule has 0 saturated heterocycles. The van der Waals surface area contributed by atoms with Gasteiger partial charge in [-0.25, -0.2) is 9.67 Å². The van der Waals surface area contributed by atoms with Crippen LogP contribution in [0.4, 0.5) is 0 Å². The van der Waals surface area contributed by atoms with Crippen LogP contribution in [0.25, 0.3) is 28.0 Å². The largest absolute Gasteiger partial charge is 0.228 e. The van der Waals surface area contributed by atoms with E-state index in [-0.39, 0.29) is 0 Å². The summed E-state index contributed by atoms with van der Waals surface area (Å²) in [5.41, 5.74) is 7.25. The zero-order valence-electron chi connectivity index (χ0n) is 14.4. The van der Waals surface area contributed by atoms with E-state index in [2.05, 4.69) is 32.0 Å². The maximum atomic E-state index is 6.02.